The van der Waals surface area contributed by atoms with Crippen molar-refractivity contribution in [2.24, 2.45) is 0 Å². The lowest BCUT2D eigenvalue weighted by molar-refractivity contribution is -0.144. The zero-order valence-corrected chi connectivity index (χ0v) is 12.2. The summed E-state index contributed by atoms with van der Waals surface area (Å²) in [4.78, 5) is 11.6. The molecule has 1 aromatic carbocycles. The topological polar surface area (TPSA) is 35.5 Å². The van der Waals surface area contributed by atoms with E-state index in [1.165, 1.54) is 0 Å². The molecule has 0 bridgehead atoms. The minimum Gasteiger partial charge on any atom is -0.496 e. The highest BCUT2D eigenvalue weighted by Gasteiger charge is 2.17. The van der Waals surface area contributed by atoms with Crippen molar-refractivity contribution in [3.8, 4) is 5.75 Å². The third kappa shape index (κ3) is 4.40. The van der Waals surface area contributed by atoms with Gasteiger partial charge in [0.05, 0.1) is 19.6 Å². The van der Waals surface area contributed by atoms with Gasteiger partial charge in [0.1, 0.15) is 5.75 Å². The normalized spacial score (nSPS) is 11.0. The smallest absolute Gasteiger partial charge is 0.313 e. The lowest BCUT2D eigenvalue weighted by Crippen LogP contribution is -2.13. The Morgan fingerprint density at radius 3 is 2.44 bits per heavy atom. The first-order valence-corrected chi connectivity index (χ1v) is 6.41. The minimum atomic E-state index is -0.255. The van der Waals surface area contributed by atoms with E-state index in [9.17, 15) is 4.79 Å². The third-order valence-corrected chi connectivity index (χ3v) is 2.57. The van der Waals surface area contributed by atoms with Crippen molar-refractivity contribution in [1.29, 1.82) is 0 Å². The Kier molecular flexibility index (Phi) is 7.84. The lowest BCUT2D eigenvalue weighted by atomic mass is 9.99. The molecule has 0 spiro atoms. The molecular formula is C15H24O3. The van der Waals surface area contributed by atoms with Crippen LogP contribution in [-0.4, -0.2) is 19.7 Å². The molecule has 0 aliphatic heterocycles. The molecule has 0 fully saturated rings. The van der Waals surface area contributed by atoms with E-state index in [1.807, 2.05) is 45.9 Å². The molecule has 102 valence electrons. The maximum Gasteiger partial charge on any atom is 0.313 e. The van der Waals surface area contributed by atoms with E-state index in [4.69, 9.17) is 9.47 Å². The second kappa shape index (κ2) is 8.56. The van der Waals surface area contributed by atoms with E-state index >= 15 is 0 Å². The van der Waals surface area contributed by atoms with Gasteiger partial charge in [0.2, 0.25) is 0 Å². The molecule has 0 aliphatic carbocycles. The number of benzene rings is 1. The maximum absolute atomic E-state index is 11.6. The second-order valence-corrected chi connectivity index (χ2v) is 3.70. The van der Waals surface area contributed by atoms with Crippen LogP contribution in [0, 0.1) is 6.92 Å². The highest BCUT2D eigenvalue weighted by Crippen LogP contribution is 2.24. The molecule has 1 atom stereocenters. The van der Waals surface area contributed by atoms with E-state index < -0.39 is 0 Å². The van der Waals surface area contributed by atoms with Crippen molar-refractivity contribution in [1.82, 2.24) is 0 Å². The van der Waals surface area contributed by atoms with Crippen molar-refractivity contribution < 1.29 is 14.3 Å². The number of aryl methyl sites for hydroxylation is 1. The van der Waals surface area contributed by atoms with Gasteiger partial charge in [-0.2, -0.15) is 0 Å². The molecule has 0 radical (unpaired) electrons. The van der Waals surface area contributed by atoms with Gasteiger partial charge in [0.25, 0.3) is 0 Å². The molecule has 0 aliphatic rings. The fourth-order valence-electron chi connectivity index (χ4n) is 1.51. The van der Waals surface area contributed by atoms with Crippen molar-refractivity contribution >= 4 is 5.97 Å². The van der Waals surface area contributed by atoms with Gasteiger partial charge in [0, 0.05) is 0 Å². The van der Waals surface area contributed by atoms with Gasteiger partial charge in [-0.05, 0) is 38.0 Å². The summed E-state index contributed by atoms with van der Waals surface area (Å²) in [6.45, 7) is 10.0. The molecule has 0 saturated heterocycles. The zero-order valence-electron chi connectivity index (χ0n) is 12.2. The highest BCUT2D eigenvalue weighted by molar-refractivity contribution is 5.77. The standard InChI is InChI=1S/C13H18O3.C2H6/c1-5-16-13(14)10(3)11-7-6-9(2)12(8-11)15-4;1-2/h6-8,10H,5H2,1-4H3;1-2H3. The fraction of sp³-hybridized carbons (Fsp3) is 0.533. The Morgan fingerprint density at radius 1 is 1.33 bits per heavy atom. The van der Waals surface area contributed by atoms with Gasteiger partial charge >= 0.3 is 5.97 Å². The van der Waals surface area contributed by atoms with Crippen LogP contribution in [0.5, 0.6) is 5.75 Å². The molecule has 0 aromatic heterocycles. The molecule has 3 heteroatoms. The van der Waals surface area contributed by atoms with E-state index in [2.05, 4.69) is 0 Å². The summed E-state index contributed by atoms with van der Waals surface area (Å²) in [6.07, 6.45) is 0. The predicted molar refractivity (Wildman–Crippen MR) is 74.1 cm³/mol. The highest BCUT2D eigenvalue weighted by atomic mass is 16.5. The van der Waals surface area contributed by atoms with Gasteiger partial charge in [-0.25, -0.2) is 0 Å². The number of esters is 1. The summed E-state index contributed by atoms with van der Waals surface area (Å²) < 4.78 is 10.2. The molecule has 0 heterocycles. The molecule has 0 N–H and O–H groups in total. The molecule has 1 aromatic rings. The predicted octanol–water partition coefficient (Wildman–Crippen LogP) is 3.70. The van der Waals surface area contributed by atoms with Crippen LogP contribution in [-0.2, 0) is 9.53 Å². The van der Waals surface area contributed by atoms with E-state index in [-0.39, 0.29) is 11.9 Å². The van der Waals surface area contributed by atoms with Crippen molar-refractivity contribution in [2.75, 3.05) is 13.7 Å². The fourth-order valence-corrected chi connectivity index (χ4v) is 1.51. The van der Waals surface area contributed by atoms with E-state index in [0.29, 0.717) is 6.61 Å². The first-order valence-electron chi connectivity index (χ1n) is 6.41. The summed E-state index contributed by atoms with van der Waals surface area (Å²) in [7, 11) is 1.63. The third-order valence-electron chi connectivity index (χ3n) is 2.57. The monoisotopic (exact) mass is 252 g/mol. The van der Waals surface area contributed by atoms with Crippen molar-refractivity contribution in [3.63, 3.8) is 0 Å². The van der Waals surface area contributed by atoms with Crippen LogP contribution in [0.15, 0.2) is 18.2 Å². The lowest BCUT2D eigenvalue weighted by Gasteiger charge is -2.13. The van der Waals surface area contributed by atoms with Gasteiger partial charge in [0.15, 0.2) is 0 Å². The molecule has 1 rings (SSSR count). The van der Waals surface area contributed by atoms with Crippen LogP contribution in [0.2, 0.25) is 0 Å². The molecular weight excluding hydrogens is 228 g/mol. The Balaban J connectivity index is 0.00000137. The van der Waals surface area contributed by atoms with E-state index in [0.717, 1.165) is 16.9 Å². The number of carbonyl (C=O) groups excluding carboxylic acids is 1. The van der Waals surface area contributed by atoms with Gasteiger partial charge in [-0.15, -0.1) is 0 Å². The van der Waals surface area contributed by atoms with Crippen LogP contribution < -0.4 is 4.74 Å². The SMILES string of the molecule is CC.CCOC(=O)C(C)c1ccc(C)c(OC)c1. The van der Waals surface area contributed by atoms with Crippen LogP contribution in [0.3, 0.4) is 0 Å². The van der Waals surface area contributed by atoms with Crippen LogP contribution in [0.1, 0.15) is 44.7 Å². The summed E-state index contributed by atoms with van der Waals surface area (Å²) in [5.41, 5.74) is 1.98. The van der Waals surface area contributed by atoms with E-state index in [1.54, 1.807) is 14.0 Å². The van der Waals surface area contributed by atoms with Crippen LogP contribution in [0.4, 0.5) is 0 Å². The first-order chi connectivity index (χ1) is 8.60. The van der Waals surface area contributed by atoms with Crippen molar-refractivity contribution in [3.05, 3.63) is 29.3 Å². The second-order valence-electron chi connectivity index (χ2n) is 3.70. The Labute approximate surface area is 110 Å². The molecule has 18 heavy (non-hydrogen) atoms. The number of methoxy groups -OCH3 is 1. The average Bonchev–Trinajstić information content (AvgIpc) is 2.41. The summed E-state index contributed by atoms with van der Waals surface area (Å²) in [6, 6.07) is 5.76. The quantitative estimate of drug-likeness (QED) is 0.766. The molecule has 0 amide bonds. The van der Waals surface area contributed by atoms with Crippen LogP contribution >= 0.6 is 0 Å². The largest absolute Gasteiger partial charge is 0.496 e. The Morgan fingerprint density at radius 2 is 1.94 bits per heavy atom. The summed E-state index contributed by atoms with van der Waals surface area (Å²) in [5.74, 6) is 0.344. The Hall–Kier alpha value is -1.51. The Bertz CT molecular complexity index is 372. The number of hydrogen-bond donors (Lipinski definition) is 0. The summed E-state index contributed by atoms with van der Waals surface area (Å²) >= 11 is 0. The van der Waals surface area contributed by atoms with Crippen LogP contribution in [0.25, 0.3) is 0 Å². The molecule has 0 saturated carbocycles. The number of ether oxygens (including phenoxy) is 2. The average molecular weight is 252 g/mol. The molecule has 3 nitrogen and oxygen atoms in total. The number of hydrogen-bond acceptors (Lipinski definition) is 3. The first kappa shape index (κ1) is 16.5. The minimum absolute atomic E-state index is 0.201. The van der Waals surface area contributed by atoms with Gasteiger partial charge in [-0.1, -0.05) is 26.0 Å². The number of rotatable bonds is 4. The zero-order chi connectivity index (χ0) is 14.1. The van der Waals surface area contributed by atoms with Gasteiger partial charge in [-0.3, -0.25) is 4.79 Å². The van der Waals surface area contributed by atoms with Crippen molar-refractivity contribution in [2.45, 2.75) is 40.5 Å². The summed E-state index contributed by atoms with van der Waals surface area (Å²) in [5, 5.41) is 0. The molecule has 1 unspecified atom stereocenters. The maximum atomic E-state index is 11.6. The van der Waals surface area contributed by atoms with Gasteiger partial charge < -0.3 is 9.47 Å². The number of carbonyl (C=O) groups is 1.